The van der Waals surface area contributed by atoms with E-state index in [9.17, 15) is 4.39 Å². The molecule has 0 fully saturated rings. The summed E-state index contributed by atoms with van der Waals surface area (Å²) >= 11 is 0. The minimum atomic E-state index is -0.359. The second-order valence-corrected chi connectivity index (χ2v) is 6.37. The molecule has 1 unspecified atom stereocenters. The van der Waals surface area contributed by atoms with Crippen molar-refractivity contribution in [1.82, 2.24) is 20.4 Å². The van der Waals surface area contributed by atoms with Crippen LogP contribution in [0.3, 0.4) is 0 Å². The van der Waals surface area contributed by atoms with Crippen molar-refractivity contribution in [3.8, 4) is 5.75 Å². The van der Waals surface area contributed by atoms with Gasteiger partial charge in [-0.25, -0.2) is 4.39 Å². The molecular weight excluding hydrogens is 472 g/mol. The van der Waals surface area contributed by atoms with Gasteiger partial charge in [0.05, 0.1) is 12.2 Å². The van der Waals surface area contributed by atoms with E-state index in [1.807, 2.05) is 18.7 Å². The van der Waals surface area contributed by atoms with Crippen LogP contribution in [-0.2, 0) is 26.4 Å². The molecule has 0 radical (unpaired) electrons. The third kappa shape index (κ3) is 6.35. The van der Waals surface area contributed by atoms with E-state index < -0.39 is 0 Å². The summed E-state index contributed by atoms with van der Waals surface area (Å²) < 4.78 is 21.3. The number of benzene rings is 1. The number of nitrogens with one attached hydrogen (secondary N) is 2. The quantitative estimate of drug-likeness (QED) is 0.329. The zero-order valence-electron chi connectivity index (χ0n) is 17.3. The maximum Gasteiger partial charge on any atom is 0.191 e. The molecule has 0 aliphatic carbocycles. The highest BCUT2D eigenvalue weighted by molar-refractivity contribution is 14.0. The number of aliphatic imine (C=N–C) groups is 1. The Kier molecular flexibility index (Phi) is 10.3. The molecule has 0 aliphatic rings. The largest absolute Gasteiger partial charge is 0.486 e. The van der Waals surface area contributed by atoms with Gasteiger partial charge in [-0.1, -0.05) is 26.0 Å². The molecule has 2 aromatic rings. The lowest BCUT2D eigenvalue weighted by molar-refractivity contribution is 0.214. The molecule has 28 heavy (non-hydrogen) atoms. The Morgan fingerprint density at radius 3 is 2.57 bits per heavy atom. The lowest BCUT2D eigenvalue weighted by Crippen LogP contribution is -2.41. The van der Waals surface area contributed by atoms with Gasteiger partial charge in [0.2, 0.25) is 0 Å². The van der Waals surface area contributed by atoms with Crippen molar-refractivity contribution in [3.05, 3.63) is 47.0 Å². The van der Waals surface area contributed by atoms with Gasteiger partial charge in [0.1, 0.15) is 6.10 Å². The van der Waals surface area contributed by atoms with Gasteiger partial charge in [0.25, 0.3) is 0 Å². The minimum absolute atomic E-state index is 0. The van der Waals surface area contributed by atoms with E-state index in [4.69, 9.17) is 4.74 Å². The average molecular weight is 503 g/mol. The van der Waals surface area contributed by atoms with Crippen LogP contribution in [0.15, 0.2) is 29.3 Å². The smallest absolute Gasteiger partial charge is 0.191 e. The van der Waals surface area contributed by atoms with E-state index in [2.05, 4.69) is 34.6 Å². The lowest BCUT2D eigenvalue weighted by atomic mass is 10.1. The van der Waals surface area contributed by atoms with Crippen molar-refractivity contribution >= 4 is 29.9 Å². The van der Waals surface area contributed by atoms with Crippen LogP contribution in [0.25, 0.3) is 0 Å². The topological polar surface area (TPSA) is 63.5 Å². The number of aryl methyl sites for hydroxylation is 2. The van der Waals surface area contributed by atoms with Gasteiger partial charge in [-0.15, -0.1) is 24.0 Å². The van der Waals surface area contributed by atoms with E-state index in [1.165, 1.54) is 17.3 Å². The monoisotopic (exact) mass is 503 g/mol. The Balaban J connectivity index is 0.00000392. The summed E-state index contributed by atoms with van der Waals surface area (Å²) in [6, 6.07) is 6.41. The maximum absolute atomic E-state index is 13.7. The molecule has 1 aromatic carbocycles. The first-order valence-corrected chi connectivity index (χ1v) is 9.39. The molecule has 0 spiro atoms. The molecular formula is C20H31FIN5O. The van der Waals surface area contributed by atoms with Gasteiger partial charge in [0, 0.05) is 31.9 Å². The maximum atomic E-state index is 13.7. The van der Waals surface area contributed by atoms with Crippen molar-refractivity contribution in [2.45, 2.75) is 46.3 Å². The SMILES string of the molecule is CCc1nn(C)c(CC)c1CNC(=NC)NCC(C)Oc1ccccc1F.I. The van der Waals surface area contributed by atoms with Gasteiger partial charge in [-0.2, -0.15) is 5.10 Å². The van der Waals surface area contributed by atoms with Crippen LogP contribution in [0.1, 0.15) is 37.7 Å². The number of hydrogen-bond donors (Lipinski definition) is 2. The molecule has 0 aliphatic heterocycles. The summed E-state index contributed by atoms with van der Waals surface area (Å²) in [5, 5.41) is 11.2. The van der Waals surface area contributed by atoms with E-state index in [0.717, 1.165) is 18.5 Å². The van der Waals surface area contributed by atoms with Crippen molar-refractivity contribution in [2.24, 2.45) is 12.0 Å². The lowest BCUT2D eigenvalue weighted by Gasteiger charge is -2.18. The summed E-state index contributed by atoms with van der Waals surface area (Å²) in [6.07, 6.45) is 1.61. The van der Waals surface area contributed by atoms with E-state index >= 15 is 0 Å². The van der Waals surface area contributed by atoms with E-state index in [0.29, 0.717) is 19.0 Å². The third-order valence-corrected chi connectivity index (χ3v) is 4.41. The summed E-state index contributed by atoms with van der Waals surface area (Å²) in [6.45, 7) is 7.29. The minimum Gasteiger partial charge on any atom is -0.486 e. The normalized spacial score (nSPS) is 12.3. The van der Waals surface area contributed by atoms with Gasteiger partial charge in [0.15, 0.2) is 17.5 Å². The first-order valence-electron chi connectivity index (χ1n) is 9.39. The van der Waals surface area contributed by atoms with Crippen molar-refractivity contribution in [3.63, 3.8) is 0 Å². The van der Waals surface area contributed by atoms with Gasteiger partial charge < -0.3 is 15.4 Å². The van der Waals surface area contributed by atoms with E-state index in [1.54, 1.807) is 25.2 Å². The highest BCUT2D eigenvalue weighted by atomic mass is 127. The number of halogens is 2. The van der Waals surface area contributed by atoms with Crippen LogP contribution in [-0.4, -0.2) is 35.4 Å². The Labute approximate surface area is 184 Å². The fourth-order valence-corrected chi connectivity index (χ4v) is 3.03. The van der Waals surface area contributed by atoms with Crippen LogP contribution < -0.4 is 15.4 Å². The molecule has 1 atom stereocenters. The Morgan fingerprint density at radius 2 is 1.96 bits per heavy atom. The number of para-hydroxylation sites is 1. The second-order valence-electron chi connectivity index (χ2n) is 6.37. The highest BCUT2D eigenvalue weighted by Gasteiger charge is 2.14. The van der Waals surface area contributed by atoms with Crippen LogP contribution in [0.5, 0.6) is 5.75 Å². The molecule has 1 heterocycles. The molecule has 8 heteroatoms. The Morgan fingerprint density at radius 1 is 1.25 bits per heavy atom. The second kappa shape index (κ2) is 11.9. The predicted molar refractivity (Wildman–Crippen MR) is 122 cm³/mol. The summed E-state index contributed by atoms with van der Waals surface area (Å²) in [5.41, 5.74) is 3.56. The van der Waals surface area contributed by atoms with Crippen LogP contribution in [0.2, 0.25) is 0 Å². The number of hydrogen-bond acceptors (Lipinski definition) is 3. The van der Waals surface area contributed by atoms with E-state index in [-0.39, 0.29) is 41.6 Å². The van der Waals surface area contributed by atoms with Gasteiger partial charge in [-0.05, 0) is 31.9 Å². The third-order valence-electron chi connectivity index (χ3n) is 4.41. The summed E-state index contributed by atoms with van der Waals surface area (Å²) in [5.74, 6) is 0.569. The van der Waals surface area contributed by atoms with Crippen molar-refractivity contribution < 1.29 is 9.13 Å². The average Bonchev–Trinajstić information content (AvgIpc) is 2.98. The zero-order valence-corrected chi connectivity index (χ0v) is 19.6. The first-order chi connectivity index (χ1) is 13.0. The number of nitrogens with zero attached hydrogens (tertiary/aromatic N) is 3. The number of aromatic nitrogens is 2. The number of ether oxygens (including phenoxy) is 1. The zero-order chi connectivity index (χ0) is 19.8. The number of rotatable bonds is 8. The first kappa shape index (κ1) is 24.2. The fraction of sp³-hybridized carbons (Fsp3) is 0.500. The van der Waals surface area contributed by atoms with Crippen molar-refractivity contribution in [2.75, 3.05) is 13.6 Å². The molecule has 156 valence electrons. The molecule has 0 saturated heterocycles. The predicted octanol–water partition coefficient (Wildman–Crippen LogP) is 3.43. The Bertz CT molecular complexity index is 778. The summed E-state index contributed by atoms with van der Waals surface area (Å²) in [4.78, 5) is 4.26. The molecule has 0 saturated carbocycles. The highest BCUT2D eigenvalue weighted by Crippen LogP contribution is 2.17. The van der Waals surface area contributed by atoms with Gasteiger partial charge in [-0.3, -0.25) is 9.67 Å². The van der Waals surface area contributed by atoms with Crippen LogP contribution in [0.4, 0.5) is 4.39 Å². The van der Waals surface area contributed by atoms with Crippen LogP contribution >= 0.6 is 24.0 Å². The Hall–Kier alpha value is -1.84. The molecule has 1 aromatic heterocycles. The molecule has 6 nitrogen and oxygen atoms in total. The molecule has 0 amide bonds. The van der Waals surface area contributed by atoms with Crippen molar-refractivity contribution in [1.29, 1.82) is 0 Å². The standard InChI is InChI=1S/C20H30FN5O.HI/c1-6-17-15(18(7-2)26(5)25-17)13-24-20(22-4)23-12-14(3)27-19-11-9-8-10-16(19)21;/h8-11,14H,6-7,12-13H2,1-5H3,(H2,22,23,24);1H. The molecule has 0 bridgehead atoms. The van der Waals surface area contributed by atoms with Gasteiger partial charge >= 0.3 is 0 Å². The fourth-order valence-electron chi connectivity index (χ4n) is 3.03. The number of guanidine groups is 1. The van der Waals surface area contributed by atoms with Crippen LogP contribution in [0, 0.1) is 5.82 Å². The molecule has 2 rings (SSSR count). The summed E-state index contributed by atoms with van der Waals surface area (Å²) in [7, 11) is 3.71. The molecule has 2 N–H and O–H groups in total.